The predicted octanol–water partition coefficient (Wildman–Crippen LogP) is 1.63. The van der Waals surface area contributed by atoms with Gasteiger partial charge in [-0.2, -0.15) is 0 Å². The molecule has 3 nitrogen and oxygen atoms in total. The zero-order valence-corrected chi connectivity index (χ0v) is 10.3. The first-order chi connectivity index (χ1) is 7.15. The summed E-state index contributed by atoms with van der Waals surface area (Å²) in [6.45, 7) is 9.22. The van der Waals surface area contributed by atoms with Gasteiger partial charge in [-0.3, -0.25) is 4.79 Å². The fraction of sp³-hybridized carbons (Fsp3) is 0.917. The second-order valence-corrected chi connectivity index (χ2v) is 4.67. The highest BCUT2D eigenvalue weighted by molar-refractivity contribution is 5.76. The molecule has 0 spiro atoms. The Kier molecular flexibility index (Phi) is 5.09. The molecule has 15 heavy (non-hydrogen) atoms. The van der Waals surface area contributed by atoms with Gasteiger partial charge in [0.1, 0.15) is 0 Å². The molecule has 3 heteroatoms. The zero-order valence-electron chi connectivity index (χ0n) is 10.3. The summed E-state index contributed by atoms with van der Waals surface area (Å²) in [6, 6.07) is 0.337. The van der Waals surface area contributed by atoms with Crippen LogP contribution in [0.15, 0.2) is 0 Å². The number of piperidine rings is 1. The minimum atomic E-state index is 0.333. The largest absolute Gasteiger partial charge is 0.341 e. The van der Waals surface area contributed by atoms with Crippen LogP contribution in [0.3, 0.4) is 0 Å². The van der Waals surface area contributed by atoms with Gasteiger partial charge in [-0.05, 0) is 52.6 Å². The maximum Gasteiger partial charge on any atom is 0.223 e. The molecule has 0 unspecified atom stereocenters. The minimum absolute atomic E-state index is 0.333. The van der Waals surface area contributed by atoms with Crippen molar-refractivity contribution in [2.45, 2.75) is 46.1 Å². The summed E-state index contributed by atoms with van der Waals surface area (Å²) in [7, 11) is 0. The van der Waals surface area contributed by atoms with Crippen molar-refractivity contribution in [3.63, 3.8) is 0 Å². The summed E-state index contributed by atoms with van der Waals surface area (Å²) in [5.74, 6) is 0.936. The smallest absolute Gasteiger partial charge is 0.223 e. The van der Waals surface area contributed by atoms with Gasteiger partial charge in [0.25, 0.3) is 0 Å². The third kappa shape index (κ3) is 3.82. The Morgan fingerprint density at radius 1 is 1.40 bits per heavy atom. The number of amides is 1. The lowest BCUT2D eigenvalue weighted by atomic mass is 9.94. The van der Waals surface area contributed by atoms with Crippen LogP contribution in [0.2, 0.25) is 0 Å². The summed E-state index contributed by atoms with van der Waals surface area (Å²) in [5.41, 5.74) is 0. The van der Waals surface area contributed by atoms with Crippen molar-refractivity contribution < 1.29 is 4.79 Å². The third-order valence-electron chi connectivity index (χ3n) is 3.21. The van der Waals surface area contributed by atoms with E-state index in [4.69, 9.17) is 0 Å². The number of hydrogen-bond acceptors (Lipinski definition) is 2. The van der Waals surface area contributed by atoms with E-state index in [2.05, 4.69) is 26.1 Å². The van der Waals surface area contributed by atoms with Gasteiger partial charge in [-0.15, -0.1) is 0 Å². The highest BCUT2D eigenvalue weighted by Gasteiger charge is 2.21. The average Bonchev–Trinajstić information content (AvgIpc) is 2.19. The van der Waals surface area contributed by atoms with Gasteiger partial charge in [-0.1, -0.05) is 0 Å². The van der Waals surface area contributed by atoms with Crippen LogP contribution in [0.5, 0.6) is 0 Å². The molecule has 1 saturated heterocycles. The van der Waals surface area contributed by atoms with E-state index in [1.807, 2.05) is 4.90 Å². The molecule has 0 aliphatic carbocycles. The Hall–Kier alpha value is -0.570. The summed E-state index contributed by atoms with van der Waals surface area (Å²) in [6.07, 6.45) is 3.05. The number of nitrogens with one attached hydrogen (secondary N) is 1. The van der Waals surface area contributed by atoms with Gasteiger partial charge in [0.15, 0.2) is 0 Å². The number of rotatable bonds is 4. The van der Waals surface area contributed by atoms with E-state index in [-0.39, 0.29) is 0 Å². The van der Waals surface area contributed by atoms with Crippen molar-refractivity contribution in [3.8, 4) is 0 Å². The van der Waals surface area contributed by atoms with Crippen molar-refractivity contribution in [2.24, 2.45) is 5.92 Å². The monoisotopic (exact) mass is 212 g/mol. The van der Waals surface area contributed by atoms with E-state index >= 15 is 0 Å². The SMILES string of the molecule is CCN(C(=O)CC1CCNCC1)C(C)C. The van der Waals surface area contributed by atoms with Crippen LogP contribution in [0.1, 0.15) is 40.0 Å². The first-order valence-electron chi connectivity index (χ1n) is 6.15. The van der Waals surface area contributed by atoms with Crippen LogP contribution in [-0.4, -0.2) is 36.5 Å². The van der Waals surface area contributed by atoms with Crippen molar-refractivity contribution in [1.29, 1.82) is 0 Å². The van der Waals surface area contributed by atoms with Crippen LogP contribution in [0.25, 0.3) is 0 Å². The Labute approximate surface area is 93.2 Å². The zero-order chi connectivity index (χ0) is 11.3. The molecule has 1 amide bonds. The van der Waals surface area contributed by atoms with Gasteiger partial charge < -0.3 is 10.2 Å². The van der Waals surface area contributed by atoms with E-state index in [0.29, 0.717) is 17.9 Å². The van der Waals surface area contributed by atoms with Gasteiger partial charge in [0.2, 0.25) is 5.91 Å². The Morgan fingerprint density at radius 2 is 2.00 bits per heavy atom. The highest BCUT2D eigenvalue weighted by atomic mass is 16.2. The molecule has 1 aliphatic heterocycles. The summed E-state index contributed by atoms with van der Waals surface area (Å²) in [4.78, 5) is 14.0. The molecule has 0 radical (unpaired) electrons. The molecular formula is C12H24N2O. The average molecular weight is 212 g/mol. The lowest BCUT2D eigenvalue weighted by Gasteiger charge is -2.29. The molecule has 88 valence electrons. The van der Waals surface area contributed by atoms with E-state index in [9.17, 15) is 4.79 Å². The van der Waals surface area contributed by atoms with Crippen LogP contribution >= 0.6 is 0 Å². The molecule has 0 atom stereocenters. The molecule has 0 aromatic heterocycles. The summed E-state index contributed by atoms with van der Waals surface area (Å²) >= 11 is 0. The molecule has 0 bridgehead atoms. The third-order valence-corrected chi connectivity index (χ3v) is 3.21. The highest BCUT2D eigenvalue weighted by Crippen LogP contribution is 2.17. The van der Waals surface area contributed by atoms with Gasteiger partial charge in [0.05, 0.1) is 0 Å². The molecule has 0 aromatic carbocycles. The second-order valence-electron chi connectivity index (χ2n) is 4.67. The number of carbonyl (C=O) groups excluding carboxylic acids is 1. The Morgan fingerprint density at radius 3 is 2.47 bits per heavy atom. The van der Waals surface area contributed by atoms with Crippen LogP contribution in [-0.2, 0) is 4.79 Å². The maximum absolute atomic E-state index is 12.0. The standard InChI is InChI=1S/C12H24N2O/c1-4-14(10(2)3)12(15)9-11-5-7-13-8-6-11/h10-11,13H,4-9H2,1-3H3. The first-order valence-corrected chi connectivity index (χ1v) is 6.15. The van der Waals surface area contributed by atoms with Crippen LogP contribution in [0.4, 0.5) is 0 Å². The fourth-order valence-corrected chi connectivity index (χ4v) is 2.28. The number of carbonyl (C=O) groups is 1. The number of hydrogen-bond donors (Lipinski definition) is 1. The molecular weight excluding hydrogens is 188 g/mol. The van der Waals surface area contributed by atoms with E-state index in [1.165, 1.54) is 0 Å². The Balaban J connectivity index is 2.38. The second kappa shape index (κ2) is 6.11. The molecule has 0 aromatic rings. The normalized spacial score (nSPS) is 18.1. The van der Waals surface area contributed by atoms with Gasteiger partial charge in [0, 0.05) is 19.0 Å². The topological polar surface area (TPSA) is 32.3 Å². The minimum Gasteiger partial charge on any atom is -0.341 e. The first kappa shape index (κ1) is 12.5. The van der Waals surface area contributed by atoms with E-state index in [1.54, 1.807) is 0 Å². The van der Waals surface area contributed by atoms with E-state index in [0.717, 1.165) is 38.9 Å². The van der Waals surface area contributed by atoms with E-state index < -0.39 is 0 Å². The Bertz CT molecular complexity index is 198. The molecule has 1 N–H and O–H groups in total. The maximum atomic E-state index is 12.0. The lowest BCUT2D eigenvalue weighted by molar-refractivity contribution is -0.133. The van der Waals surface area contributed by atoms with Crippen molar-refractivity contribution in [2.75, 3.05) is 19.6 Å². The lowest BCUT2D eigenvalue weighted by Crippen LogP contribution is -2.39. The molecule has 1 rings (SSSR count). The molecule has 1 heterocycles. The van der Waals surface area contributed by atoms with Crippen molar-refractivity contribution >= 4 is 5.91 Å². The van der Waals surface area contributed by atoms with Gasteiger partial charge in [-0.25, -0.2) is 0 Å². The molecule has 0 saturated carbocycles. The van der Waals surface area contributed by atoms with Crippen LogP contribution < -0.4 is 5.32 Å². The molecule has 1 fully saturated rings. The van der Waals surface area contributed by atoms with Crippen molar-refractivity contribution in [3.05, 3.63) is 0 Å². The summed E-state index contributed by atoms with van der Waals surface area (Å²) < 4.78 is 0. The molecule has 1 aliphatic rings. The summed E-state index contributed by atoms with van der Waals surface area (Å²) in [5, 5.41) is 3.33. The quantitative estimate of drug-likeness (QED) is 0.768. The number of nitrogens with zero attached hydrogens (tertiary/aromatic N) is 1. The van der Waals surface area contributed by atoms with Crippen molar-refractivity contribution in [1.82, 2.24) is 10.2 Å². The van der Waals surface area contributed by atoms with Gasteiger partial charge >= 0.3 is 0 Å². The van der Waals surface area contributed by atoms with Crippen LogP contribution in [0, 0.1) is 5.92 Å². The predicted molar refractivity (Wildman–Crippen MR) is 62.7 cm³/mol. The fourth-order valence-electron chi connectivity index (χ4n) is 2.28.